The van der Waals surface area contributed by atoms with Gasteiger partial charge in [-0.2, -0.15) is 11.8 Å². The van der Waals surface area contributed by atoms with Gasteiger partial charge in [-0.3, -0.25) is 9.69 Å². The lowest BCUT2D eigenvalue weighted by Crippen LogP contribution is -2.38. The molecule has 0 spiro atoms. The monoisotopic (exact) mass is 358 g/mol. The Morgan fingerprint density at radius 3 is 2.84 bits per heavy atom. The molecule has 1 heterocycles. The molecule has 0 aliphatic carbocycles. The molecular weight excluding hydrogens is 335 g/mol. The summed E-state index contributed by atoms with van der Waals surface area (Å²) in [5.74, 6) is 1.72. The third-order valence-electron chi connectivity index (χ3n) is 4.44. The fourth-order valence-corrected chi connectivity index (χ4v) is 4.19. The summed E-state index contributed by atoms with van der Waals surface area (Å²) < 4.78 is 13.2. The third kappa shape index (κ3) is 5.06. The van der Waals surface area contributed by atoms with Gasteiger partial charge in [-0.15, -0.1) is 0 Å². The van der Waals surface area contributed by atoms with E-state index in [0.29, 0.717) is 24.7 Å². The van der Waals surface area contributed by atoms with Crippen molar-refractivity contribution in [1.82, 2.24) is 4.90 Å². The van der Waals surface area contributed by atoms with Crippen LogP contribution < -0.4 is 5.32 Å². The number of amides is 1. The van der Waals surface area contributed by atoms with E-state index in [1.807, 2.05) is 11.8 Å². The molecule has 1 unspecified atom stereocenters. The normalized spacial score (nSPS) is 18.1. The Morgan fingerprint density at radius 2 is 2.08 bits per heavy atom. The summed E-state index contributed by atoms with van der Waals surface area (Å²) in [5.41, 5.74) is 3.07. The van der Waals surface area contributed by atoms with Crippen LogP contribution in [0.5, 0.6) is 0 Å². The Labute approximate surface area is 152 Å². The minimum absolute atomic E-state index is 0.0773. The van der Waals surface area contributed by atoms with Crippen molar-refractivity contribution >= 4 is 23.4 Å². The molecule has 1 aliphatic rings. The molecule has 3 rings (SSSR count). The van der Waals surface area contributed by atoms with Crippen LogP contribution in [-0.2, 0) is 4.79 Å². The van der Waals surface area contributed by atoms with E-state index in [1.165, 1.54) is 23.3 Å². The topological polar surface area (TPSA) is 32.3 Å². The van der Waals surface area contributed by atoms with E-state index < -0.39 is 0 Å². The van der Waals surface area contributed by atoms with Gasteiger partial charge in [0.1, 0.15) is 5.82 Å². The van der Waals surface area contributed by atoms with Crippen molar-refractivity contribution < 1.29 is 9.18 Å². The summed E-state index contributed by atoms with van der Waals surface area (Å²) in [6, 6.07) is 15.0. The summed E-state index contributed by atoms with van der Waals surface area (Å²) in [5, 5.41) is 2.77. The predicted molar refractivity (Wildman–Crippen MR) is 102 cm³/mol. The van der Waals surface area contributed by atoms with Gasteiger partial charge in [0.05, 0.1) is 0 Å². The van der Waals surface area contributed by atoms with Crippen LogP contribution in [0, 0.1) is 12.7 Å². The molecule has 0 radical (unpaired) electrons. The van der Waals surface area contributed by atoms with Crippen molar-refractivity contribution in [2.75, 3.05) is 29.9 Å². The maximum absolute atomic E-state index is 13.2. The number of hydrogen-bond acceptors (Lipinski definition) is 3. The van der Waals surface area contributed by atoms with Crippen LogP contribution in [0.3, 0.4) is 0 Å². The largest absolute Gasteiger partial charge is 0.326 e. The SMILES string of the molecule is Cc1ccc(C2CSCCN2CCC(=O)Nc2cccc(F)c2)cc1. The van der Waals surface area contributed by atoms with Gasteiger partial charge >= 0.3 is 0 Å². The van der Waals surface area contributed by atoms with E-state index in [1.54, 1.807) is 12.1 Å². The Balaban J connectivity index is 1.58. The Kier molecular flexibility index (Phi) is 6.10. The maximum atomic E-state index is 13.2. The maximum Gasteiger partial charge on any atom is 0.225 e. The van der Waals surface area contributed by atoms with Crippen molar-refractivity contribution in [2.45, 2.75) is 19.4 Å². The van der Waals surface area contributed by atoms with Gasteiger partial charge in [0.25, 0.3) is 0 Å². The number of halogens is 1. The molecule has 2 aromatic rings. The minimum Gasteiger partial charge on any atom is -0.326 e. The van der Waals surface area contributed by atoms with Crippen LogP contribution >= 0.6 is 11.8 Å². The number of nitrogens with zero attached hydrogens (tertiary/aromatic N) is 1. The van der Waals surface area contributed by atoms with Gasteiger partial charge in [0.15, 0.2) is 0 Å². The molecule has 3 nitrogen and oxygen atoms in total. The van der Waals surface area contributed by atoms with Gasteiger partial charge in [-0.1, -0.05) is 35.9 Å². The second-order valence-electron chi connectivity index (χ2n) is 6.35. The average Bonchev–Trinajstić information content (AvgIpc) is 2.61. The summed E-state index contributed by atoms with van der Waals surface area (Å²) in [4.78, 5) is 14.6. The number of carbonyl (C=O) groups is 1. The van der Waals surface area contributed by atoms with E-state index in [-0.39, 0.29) is 11.7 Å². The number of hydrogen-bond donors (Lipinski definition) is 1. The number of nitrogens with one attached hydrogen (secondary N) is 1. The molecule has 25 heavy (non-hydrogen) atoms. The summed E-state index contributed by atoms with van der Waals surface area (Å²) in [7, 11) is 0. The lowest BCUT2D eigenvalue weighted by molar-refractivity contribution is -0.116. The lowest BCUT2D eigenvalue weighted by atomic mass is 10.0. The second-order valence-corrected chi connectivity index (χ2v) is 7.50. The van der Waals surface area contributed by atoms with Crippen LogP contribution in [0.2, 0.25) is 0 Å². The highest BCUT2D eigenvalue weighted by Gasteiger charge is 2.24. The molecule has 0 aromatic heterocycles. The van der Waals surface area contributed by atoms with Gasteiger partial charge in [-0.25, -0.2) is 4.39 Å². The smallest absolute Gasteiger partial charge is 0.225 e. The molecule has 1 fully saturated rings. The molecule has 2 aromatic carbocycles. The van der Waals surface area contributed by atoms with Gasteiger partial charge in [0.2, 0.25) is 5.91 Å². The first kappa shape index (κ1) is 18.0. The van der Waals surface area contributed by atoms with Crippen LogP contribution in [0.25, 0.3) is 0 Å². The van der Waals surface area contributed by atoms with Gasteiger partial charge in [-0.05, 0) is 30.7 Å². The van der Waals surface area contributed by atoms with Crippen LogP contribution in [-0.4, -0.2) is 35.4 Å². The molecule has 1 aliphatic heterocycles. The molecule has 1 N–H and O–H groups in total. The third-order valence-corrected chi connectivity index (χ3v) is 5.46. The molecule has 0 saturated carbocycles. The number of aryl methyl sites for hydroxylation is 1. The standard InChI is InChI=1S/C20H23FN2OS/c1-15-5-7-16(8-6-15)19-14-25-12-11-23(19)10-9-20(24)22-18-4-2-3-17(21)13-18/h2-8,13,19H,9-12,14H2,1H3,(H,22,24). The van der Waals surface area contributed by atoms with Crippen molar-refractivity contribution in [2.24, 2.45) is 0 Å². The van der Waals surface area contributed by atoms with Crippen LogP contribution in [0.1, 0.15) is 23.6 Å². The molecular formula is C20H23FN2OS. The van der Waals surface area contributed by atoms with E-state index in [9.17, 15) is 9.18 Å². The minimum atomic E-state index is -0.342. The van der Waals surface area contributed by atoms with Crippen molar-refractivity contribution in [3.8, 4) is 0 Å². The van der Waals surface area contributed by atoms with E-state index in [2.05, 4.69) is 41.4 Å². The first-order chi connectivity index (χ1) is 12.1. The van der Waals surface area contributed by atoms with E-state index >= 15 is 0 Å². The van der Waals surface area contributed by atoms with E-state index in [0.717, 1.165) is 18.1 Å². The molecule has 1 amide bonds. The highest BCUT2D eigenvalue weighted by Crippen LogP contribution is 2.29. The molecule has 0 bridgehead atoms. The van der Waals surface area contributed by atoms with Gasteiger partial charge in [0, 0.05) is 42.7 Å². The zero-order valence-corrected chi connectivity index (χ0v) is 15.2. The quantitative estimate of drug-likeness (QED) is 0.867. The number of thioether (sulfide) groups is 1. The van der Waals surface area contributed by atoms with Crippen molar-refractivity contribution in [3.05, 3.63) is 65.5 Å². The number of rotatable bonds is 5. The molecule has 5 heteroatoms. The molecule has 132 valence electrons. The predicted octanol–water partition coefficient (Wildman–Crippen LogP) is 4.25. The number of carbonyl (C=O) groups excluding carboxylic acids is 1. The van der Waals surface area contributed by atoms with E-state index in [4.69, 9.17) is 0 Å². The zero-order valence-electron chi connectivity index (χ0n) is 14.4. The average molecular weight is 358 g/mol. The van der Waals surface area contributed by atoms with Gasteiger partial charge < -0.3 is 5.32 Å². The Hall–Kier alpha value is -1.85. The fourth-order valence-electron chi connectivity index (χ4n) is 3.04. The number of anilines is 1. The number of benzene rings is 2. The molecule has 1 atom stereocenters. The highest BCUT2D eigenvalue weighted by molar-refractivity contribution is 7.99. The Morgan fingerprint density at radius 1 is 1.28 bits per heavy atom. The molecule has 1 saturated heterocycles. The Bertz CT molecular complexity index is 720. The summed E-state index contributed by atoms with van der Waals surface area (Å²) >= 11 is 1.96. The lowest BCUT2D eigenvalue weighted by Gasteiger charge is -2.35. The first-order valence-corrected chi connectivity index (χ1v) is 9.71. The zero-order chi connectivity index (χ0) is 17.6. The fraction of sp³-hybridized carbons (Fsp3) is 0.350. The van der Waals surface area contributed by atoms with Crippen LogP contribution in [0.15, 0.2) is 48.5 Å². The summed E-state index contributed by atoms with van der Waals surface area (Å²) in [6.07, 6.45) is 0.406. The first-order valence-electron chi connectivity index (χ1n) is 8.55. The van der Waals surface area contributed by atoms with Crippen molar-refractivity contribution in [3.63, 3.8) is 0 Å². The van der Waals surface area contributed by atoms with Crippen LogP contribution in [0.4, 0.5) is 10.1 Å². The highest BCUT2D eigenvalue weighted by atomic mass is 32.2. The van der Waals surface area contributed by atoms with Crippen molar-refractivity contribution in [1.29, 1.82) is 0 Å². The summed E-state index contributed by atoms with van der Waals surface area (Å²) in [6.45, 7) is 3.78. The second kappa shape index (κ2) is 8.50.